The molecule has 5 rings (SSSR count). The molecule has 0 fully saturated rings. The van der Waals surface area contributed by atoms with E-state index < -0.39 is 18.0 Å². The highest BCUT2D eigenvalue weighted by atomic mass is 16.5. The number of fused-ring (bicyclic) bond motifs is 1. The van der Waals surface area contributed by atoms with Crippen molar-refractivity contribution >= 4 is 28.5 Å². The van der Waals surface area contributed by atoms with Crippen molar-refractivity contribution < 1.29 is 14.3 Å². The van der Waals surface area contributed by atoms with Gasteiger partial charge in [0.15, 0.2) is 6.10 Å². The lowest BCUT2D eigenvalue weighted by atomic mass is 10.0. The van der Waals surface area contributed by atoms with Crippen LogP contribution in [0.3, 0.4) is 0 Å². The third-order valence-corrected chi connectivity index (χ3v) is 6.46. The van der Waals surface area contributed by atoms with Gasteiger partial charge in [-0.3, -0.25) is 14.3 Å². The summed E-state index contributed by atoms with van der Waals surface area (Å²) >= 11 is 0. The molecule has 0 aliphatic heterocycles. The number of hydrogen-bond donors (Lipinski definition) is 1. The number of nitrogens with zero attached hydrogens (tertiary/aromatic N) is 3. The molecule has 5 aromatic rings. The number of amides is 1. The fourth-order valence-corrected chi connectivity index (χ4v) is 4.32. The number of aromatic nitrogens is 3. The Kier molecular flexibility index (Phi) is 6.62. The molecule has 38 heavy (non-hydrogen) atoms. The zero-order chi connectivity index (χ0) is 26.8. The van der Waals surface area contributed by atoms with Gasteiger partial charge < -0.3 is 10.1 Å². The van der Waals surface area contributed by atoms with Crippen LogP contribution >= 0.6 is 0 Å². The largest absolute Gasteiger partial charge is 0.449 e. The van der Waals surface area contributed by atoms with Crippen molar-refractivity contribution in [1.82, 2.24) is 14.3 Å². The van der Waals surface area contributed by atoms with Crippen LogP contribution in [0.1, 0.15) is 23.0 Å². The first-order valence-electron chi connectivity index (χ1n) is 12.2. The molecule has 0 saturated carbocycles. The number of benzene rings is 3. The van der Waals surface area contributed by atoms with E-state index in [1.165, 1.54) is 11.6 Å². The van der Waals surface area contributed by atoms with E-state index in [4.69, 9.17) is 4.74 Å². The predicted molar refractivity (Wildman–Crippen MR) is 146 cm³/mol. The summed E-state index contributed by atoms with van der Waals surface area (Å²) in [7, 11) is 1.74. The molecule has 1 N–H and O–H groups in total. The highest BCUT2D eigenvalue weighted by Crippen LogP contribution is 2.26. The minimum atomic E-state index is -1.15. The quantitative estimate of drug-likeness (QED) is 0.331. The summed E-state index contributed by atoms with van der Waals surface area (Å²) in [6.45, 7) is 3.21. The molecular formula is C30H26N4O4. The van der Waals surface area contributed by atoms with Crippen LogP contribution in [0.5, 0.6) is 0 Å². The number of carbonyl (C=O) groups excluding carboxylic acids is 2. The molecule has 0 aliphatic rings. The molecule has 8 nitrogen and oxygen atoms in total. The summed E-state index contributed by atoms with van der Waals surface area (Å²) < 4.78 is 8.71. The molecule has 190 valence electrons. The minimum Gasteiger partial charge on any atom is -0.449 e. The van der Waals surface area contributed by atoms with Gasteiger partial charge in [0, 0.05) is 18.0 Å². The number of pyridine rings is 1. The summed E-state index contributed by atoms with van der Waals surface area (Å²) in [4.78, 5) is 44.2. The summed E-state index contributed by atoms with van der Waals surface area (Å²) in [5.74, 6) is -1.26. The van der Waals surface area contributed by atoms with Crippen LogP contribution in [-0.2, 0) is 16.6 Å². The molecular weight excluding hydrogens is 480 g/mol. The molecule has 0 saturated heterocycles. The molecule has 8 heteroatoms. The van der Waals surface area contributed by atoms with E-state index >= 15 is 0 Å². The Labute approximate surface area is 219 Å². The number of anilines is 1. The minimum absolute atomic E-state index is 0.130. The lowest BCUT2D eigenvalue weighted by Gasteiger charge is -2.15. The first kappa shape index (κ1) is 24.7. The van der Waals surface area contributed by atoms with Crippen LogP contribution in [-0.4, -0.2) is 32.3 Å². The standard InChI is InChI=1S/C30H26N4O4/c1-19-27(29(36)34(33(19)3)22-14-8-5-9-15-22)32-28(35)20(2)38-30(37)24-18-26(21-12-6-4-7-13-21)31-25-17-11-10-16-23(24)25/h4-18,20H,1-3H3,(H,32,35). The zero-order valence-electron chi connectivity index (χ0n) is 21.2. The molecule has 2 heterocycles. The van der Waals surface area contributed by atoms with Gasteiger partial charge in [-0.25, -0.2) is 14.5 Å². The Morgan fingerprint density at radius 1 is 0.921 bits per heavy atom. The molecule has 0 spiro atoms. The molecule has 0 aliphatic carbocycles. The lowest BCUT2D eigenvalue weighted by Crippen LogP contribution is -2.32. The van der Waals surface area contributed by atoms with E-state index in [2.05, 4.69) is 10.3 Å². The van der Waals surface area contributed by atoms with Crippen LogP contribution < -0.4 is 10.9 Å². The van der Waals surface area contributed by atoms with E-state index in [1.54, 1.807) is 42.9 Å². The second kappa shape index (κ2) is 10.2. The van der Waals surface area contributed by atoms with Crippen LogP contribution in [0.4, 0.5) is 5.69 Å². The number of ether oxygens (including phenoxy) is 1. The highest BCUT2D eigenvalue weighted by Gasteiger charge is 2.25. The van der Waals surface area contributed by atoms with Crippen LogP contribution in [0.15, 0.2) is 95.8 Å². The molecule has 3 aromatic carbocycles. The smallest absolute Gasteiger partial charge is 0.339 e. The van der Waals surface area contributed by atoms with E-state index in [-0.39, 0.29) is 11.2 Å². The molecule has 1 unspecified atom stereocenters. The fraction of sp³-hybridized carbons (Fsp3) is 0.133. The average Bonchev–Trinajstić information content (AvgIpc) is 3.15. The van der Waals surface area contributed by atoms with Gasteiger partial charge >= 0.3 is 5.97 Å². The van der Waals surface area contributed by atoms with E-state index in [0.29, 0.717) is 33.5 Å². The number of para-hydroxylation sites is 2. The number of hydrogen-bond acceptors (Lipinski definition) is 5. The Hall–Kier alpha value is -4.98. The van der Waals surface area contributed by atoms with E-state index in [0.717, 1.165) is 5.56 Å². The van der Waals surface area contributed by atoms with Crippen LogP contribution in [0.25, 0.3) is 27.8 Å². The third kappa shape index (κ3) is 4.59. The van der Waals surface area contributed by atoms with Crippen molar-refractivity contribution in [3.05, 3.63) is 113 Å². The van der Waals surface area contributed by atoms with E-state index in [1.807, 2.05) is 66.7 Å². The SMILES string of the molecule is Cc1c(NC(=O)C(C)OC(=O)c2cc(-c3ccccc3)nc3ccccc23)c(=O)n(-c2ccccc2)n1C. The molecule has 0 radical (unpaired) electrons. The number of esters is 1. The van der Waals surface area contributed by atoms with Crippen molar-refractivity contribution in [1.29, 1.82) is 0 Å². The maximum absolute atomic E-state index is 13.3. The second-order valence-electron chi connectivity index (χ2n) is 8.91. The number of carbonyl (C=O) groups is 2. The zero-order valence-corrected chi connectivity index (χ0v) is 21.2. The van der Waals surface area contributed by atoms with Crippen LogP contribution in [0.2, 0.25) is 0 Å². The van der Waals surface area contributed by atoms with Gasteiger partial charge in [-0.2, -0.15) is 0 Å². The Morgan fingerprint density at radius 2 is 1.55 bits per heavy atom. The fourth-order valence-electron chi connectivity index (χ4n) is 4.32. The summed E-state index contributed by atoms with van der Waals surface area (Å²) in [6, 6.07) is 27.6. The van der Waals surface area contributed by atoms with Gasteiger partial charge in [0.2, 0.25) is 0 Å². The van der Waals surface area contributed by atoms with Gasteiger partial charge in [0.1, 0.15) is 5.69 Å². The van der Waals surface area contributed by atoms with Gasteiger partial charge in [-0.15, -0.1) is 0 Å². The van der Waals surface area contributed by atoms with Gasteiger partial charge in [-0.05, 0) is 38.1 Å². The highest BCUT2D eigenvalue weighted by molar-refractivity contribution is 6.06. The normalized spacial score (nSPS) is 11.8. The summed E-state index contributed by atoms with van der Waals surface area (Å²) in [6.07, 6.45) is -1.15. The Morgan fingerprint density at radius 3 is 2.26 bits per heavy atom. The van der Waals surface area contributed by atoms with Crippen molar-refractivity contribution in [3.8, 4) is 16.9 Å². The maximum Gasteiger partial charge on any atom is 0.339 e. The Bertz CT molecular complexity index is 1710. The number of nitrogens with one attached hydrogen (secondary N) is 1. The van der Waals surface area contributed by atoms with Crippen molar-refractivity contribution in [2.45, 2.75) is 20.0 Å². The molecule has 0 bridgehead atoms. The summed E-state index contributed by atoms with van der Waals surface area (Å²) in [5.41, 5.74) is 3.40. The Balaban J connectivity index is 1.40. The first-order valence-corrected chi connectivity index (χ1v) is 12.2. The van der Waals surface area contributed by atoms with Gasteiger partial charge in [-0.1, -0.05) is 66.7 Å². The third-order valence-electron chi connectivity index (χ3n) is 6.46. The van der Waals surface area contributed by atoms with Gasteiger partial charge in [0.05, 0.1) is 28.2 Å². The molecule has 2 aromatic heterocycles. The van der Waals surface area contributed by atoms with Crippen LogP contribution in [0, 0.1) is 6.92 Å². The summed E-state index contributed by atoms with van der Waals surface area (Å²) in [5, 5.41) is 3.28. The predicted octanol–water partition coefficient (Wildman–Crippen LogP) is 4.88. The van der Waals surface area contributed by atoms with Crippen molar-refractivity contribution in [2.75, 3.05) is 5.32 Å². The maximum atomic E-state index is 13.3. The molecule has 1 amide bonds. The van der Waals surface area contributed by atoms with Crippen molar-refractivity contribution in [3.63, 3.8) is 0 Å². The lowest BCUT2D eigenvalue weighted by molar-refractivity contribution is -0.123. The second-order valence-corrected chi connectivity index (χ2v) is 8.91. The average molecular weight is 507 g/mol. The van der Waals surface area contributed by atoms with Crippen molar-refractivity contribution in [2.24, 2.45) is 7.05 Å². The van der Waals surface area contributed by atoms with Gasteiger partial charge in [0.25, 0.3) is 11.5 Å². The first-order chi connectivity index (χ1) is 18.3. The molecule has 1 atom stereocenters. The number of rotatable bonds is 6. The topological polar surface area (TPSA) is 95.2 Å². The van der Waals surface area contributed by atoms with E-state index in [9.17, 15) is 14.4 Å². The monoisotopic (exact) mass is 506 g/mol.